The number of hydrogen-bond donors (Lipinski definition) is 1. The summed E-state index contributed by atoms with van der Waals surface area (Å²) < 4.78 is 4.94. The second-order valence-corrected chi connectivity index (χ2v) is 3.66. The van der Waals surface area contributed by atoms with E-state index in [1.165, 1.54) is 0 Å². The Morgan fingerprint density at radius 3 is 1.86 bits per heavy atom. The van der Waals surface area contributed by atoms with Crippen LogP contribution >= 0.6 is 0 Å². The van der Waals surface area contributed by atoms with Crippen molar-refractivity contribution in [1.82, 2.24) is 0 Å². The third kappa shape index (κ3) is 7.53. The predicted molar refractivity (Wildman–Crippen MR) is 59.7 cm³/mol. The molecule has 0 aliphatic carbocycles. The Balaban J connectivity index is 0. The lowest BCUT2D eigenvalue weighted by Crippen LogP contribution is -2.28. The number of rotatable bonds is 2. The van der Waals surface area contributed by atoms with Crippen molar-refractivity contribution in [2.45, 2.75) is 47.1 Å². The summed E-state index contributed by atoms with van der Waals surface area (Å²) in [5, 5.41) is 7.26. The van der Waals surface area contributed by atoms with E-state index in [4.69, 9.17) is 10.1 Å². The third-order valence-electron chi connectivity index (χ3n) is 1.03. The normalized spacial score (nSPS) is 9.57. The van der Waals surface area contributed by atoms with E-state index in [0.29, 0.717) is 5.57 Å². The first-order chi connectivity index (χ1) is 6.24. The maximum absolute atomic E-state index is 11.1. The Morgan fingerprint density at radius 1 is 1.29 bits per heavy atom. The summed E-state index contributed by atoms with van der Waals surface area (Å²) in [6.07, 6.45) is 0. The molecule has 0 fully saturated rings. The minimum absolute atomic E-state index is 0.162. The van der Waals surface area contributed by atoms with E-state index in [1.54, 1.807) is 27.7 Å². The van der Waals surface area contributed by atoms with Gasteiger partial charge in [-0.3, -0.25) is 5.41 Å². The zero-order valence-corrected chi connectivity index (χ0v) is 10.0. The summed E-state index contributed by atoms with van der Waals surface area (Å²) >= 11 is 0. The quantitative estimate of drug-likeness (QED) is 0.549. The van der Waals surface area contributed by atoms with Crippen LogP contribution in [0.15, 0.2) is 12.2 Å². The summed E-state index contributed by atoms with van der Waals surface area (Å²) in [7, 11) is 0. The van der Waals surface area contributed by atoms with Crippen LogP contribution in [0.4, 0.5) is 0 Å². The fourth-order valence-electron chi connectivity index (χ4n) is 0.503. The minimum Gasteiger partial charge on any atom is -0.455 e. The van der Waals surface area contributed by atoms with Crippen LogP contribution in [0.25, 0.3) is 0 Å². The summed E-state index contributed by atoms with van der Waals surface area (Å²) in [5.74, 6) is -0.616. The van der Waals surface area contributed by atoms with Crippen molar-refractivity contribution in [3.8, 4) is 0 Å². The molecule has 0 saturated heterocycles. The summed E-state index contributed by atoms with van der Waals surface area (Å²) in [4.78, 5) is 11.1. The summed E-state index contributed by atoms with van der Waals surface area (Å²) in [5.41, 5.74) is -0.284. The minimum atomic E-state index is -0.616. The highest BCUT2D eigenvalue weighted by molar-refractivity contribution is 6.41. The number of carbonyl (C=O) groups is 1. The van der Waals surface area contributed by atoms with Crippen LogP contribution in [0, 0.1) is 5.41 Å². The number of carbonyl (C=O) groups excluding carboxylic acids is 1. The van der Waals surface area contributed by atoms with Crippen molar-refractivity contribution >= 4 is 11.7 Å². The molecule has 0 unspecified atom stereocenters. The maximum Gasteiger partial charge on any atom is 0.356 e. The van der Waals surface area contributed by atoms with E-state index in [2.05, 4.69) is 6.58 Å². The molecule has 0 aromatic rings. The van der Waals surface area contributed by atoms with Gasteiger partial charge in [-0.1, -0.05) is 20.4 Å². The van der Waals surface area contributed by atoms with E-state index in [-0.39, 0.29) is 5.71 Å². The molecule has 0 aliphatic heterocycles. The molecule has 0 aromatic carbocycles. The fraction of sp³-hybridized carbons (Fsp3) is 0.636. The molecular formula is C11H21NO2. The van der Waals surface area contributed by atoms with Crippen LogP contribution in [0.5, 0.6) is 0 Å². The first-order valence-electron chi connectivity index (χ1n) is 4.72. The molecule has 0 rings (SSSR count). The van der Waals surface area contributed by atoms with Crippen LogP contribution in [0.3, 0.4) is 0 Å². The van der Waals surface area contributed by atoms with Gasteiger partial charge in [0.1, 0.15) is 11.3 Å². The van der Waals surface area contributed by atoms with Crippen LogP contribution in [0.2, 0.25) is 0 Å². The van der Waals surface area contributed by atoms with Gasteiger partial charge in [0.15, 0.2) is 0 Å². The smallest absolute Gasteiger partial charge is 0.356 e. The van der Waals surface area contributed by atoms with Crippen LogP contribution in [0.1, 0.15) is 41.5 Å². The third-order valence-corrected chi connectivity index (χ3v) is 1.03. The molecule has 0 saturated carbocycles. The molecule has 0 radical (unpaired) electrons. The lowest BCUT2D eigenvalue weighted by molar-refractivity contribution is -0.146. The van der Waals surface area contributed by atoms with Gasteiger partial charge in [0.05, 0.1) is 0 Å². The number of ether oxygens (including phenoxy) is 1. The van der Waals surface area contributed by atoms with Gasteiger partial charge >= 0.3 is 5.97 Å². The molecule has 0 bridgehead atoms. The van der Waals surface area contributed by atoms with Crippen molar-refractivity contribution in [3.05, 3.63) is 12.2 Å². The van der Waals surface area contributed by atoms with Crippen molar-refractivity contribution in [2.24, 2.45) is 0 Å². The molecular weight excluding hydrogens is 178 g/mol. The predicted octanol–water partition coefficient (Wildman–Crippen LogP) is 2.95. The Hall–Kier alpha value is -1.12. The standard InChI is InChI=1S/C9H15NO2.C2H6/c1-6(2)7(10)8(11)12-9(3,4)5;1-2/h10H,1H2,2-5H3;1-2H3. The van der Waals surface area contributed by atoms with Gasteiger partial charge in [-0.15, -0.1) is 0 Å². The van der Waals surface area contributed by atoms with Gasteiger partial charge in [0.25, 0.3) is 0 Å². The second kappa shape index (κ2) is 6.35. The van der Waals surface area contributed by atoms with Crippen LogP contribution in [-0.2, 0) is 9.53 Å². The van der Waals surface area contributed by atoms with Crippen molar-refractivity contribution in [2.75, 3.05) is 0 Å². The zero-order chi connectivity index (χ0) is 11.9. The van der Waals surface area contributed by atoms with Crippen LogP contribution in [-0.4, -0.2) is 17.3 Å². The SMILES string of the molecule is C=C(C)C(=N)C(=O)OC(C)(C)C.CC. The first kappa shape index (κ1) is 15.4. The molecule has 0 aliphatic rings. The van der Waals surface area contributed by atoms with E-state index in [1.807, 2.05) is 13.8 Å². The molecule has 14 heavy (non-hydrogen) atoms. The van der Waals surface area contributed by atoms with Gasteiger partial charge in [-0.2, -0.15) is 0 Å². The molecule has 0 aromatic heterocycles. The number of nitrogens with one attached hydrogen (secondary N) is 1. The molecule has 0 spiro atoms. The van der Waals surface area contributed by atoms with Gasteiger partial charge in [0, 0.05) is 0 Å². The average Bonchev–Trinajstić information content (AvgIpc) is 2.03. The van der Waals surface area contributed by atoms with E-state index < -0.39 is 11.6 Å². The molecule has 1 N–H and O–H groups in total. The highest BCUT2D eigenvalue weighted by atomic mass is 16.6. The second-order valence-electron chi connectivity index (χ2n) is 3.66. The molecule has 0 amide bonds. The molecule has 82 valence electrons. The lowest BCUT2D eigenvalue weighted by Gasteiger charge is -2.19. The summed E-state index contributed by atoms with van der Waals surface area (Å²) in [6.45, 7) is 14.4. The highest BCUT2D eigenvalue weighted by Crippen LogP contribution is 2.08. The van der Waals surface area contributed by atoms with Crippen molar-refractivity contribution < 1.29 is 9.53 Å². The highest BCUT2D eigenvalue weighted by Gasteiger charge is 2.19. The Labute approximate surface area is 86.7 Å². The van der Waals surface area contributed by atoms with Gasteiger partial charge in [-0.25, -0.2) is 4.79 Å². The molecule has 3 heteroatoms. The fourth-order valence-corrected chi connectivity index (χ4v) is 0.503. The molecule has 0 atom stereocenters. The van der Waals surface area contributed by atoms with Gasteiger partial charge < -0.3 is 4.74 Å². The molecule has 3 nitrogen and oxygen atoms in total. The van der Waals surface area contributed by atoms with Gasteiger partial charge in [-0.05, 0) is 33.3 Å². The molecule has 0 heterocycles. The topological polar surface area (TPSA) is 50.2 Å². The summed E-state index contributed by atoms with van der Waals surface area (Å²) in [6, 6.07) is 0. The van der Waals surface area contributed by atoms with E-state index >= 15 is 0 Å². The first-order valence-corrected chi connectivity index (χ1v) is 4.72. The van der Waals surface area contributed by atoms with Crippen molar-refractivity contribution in [1.29, 1.82) is 5.41 Å². The largest absolute Gasteiger partial charge is 0.455 e. The Morgan fingerprint density at radius 2 is 1.64 bits per heavy atom. The van der Waals surface area contributed by atoms with Gasteiger partial charge in [0.2, 0.25) is 0 Å². The average molecular weight is 199 g/mol. The number of esters is 1. The zero-order valence-electron chi connectivity index (χ0n) is 10.0. The van der Waals surface area contributed by atoms with E-state index in [9.17, 15) is 4.79 Å². The monoisotopic (exact) mass is 199 g/mol. The lowest BCUT2D eigenvalue weighted by atomic mass is 10.1. The van der Waals surface area contributed by atoms with Crippen LogP contribution < -0.4 is 0 Å². The van der Waals surface area contributed by atoms with E-state index in [0.717, 1.165) is 0 Å². The Bertz CT molecular complexity index is 224. The van der Waals surface area contributed by atoms with Crippen molar-refractivity contribution in [3.63, 3.8) is 0 Å². The Kier molecular flexibility index (Phi) is 6.97. The number of hydrogen-bond acceptors (Lipinski definition) is 3. The maximum atomic E-state index is 11.1.